The van der Waals surface area contributed by atoms with Gasteiger partial charge < -0.3 is 18.9 Å². The predicted molar refractivity (Wildman–Crippen MR) is 75.6 cm³/mol. The van der Waals surface area contributed by atoms with Crippen LogP contribution in [0.3, 0.4) is 0 Å². The summed E-state index contributed by atoms with van der Waals surface area (Å²) in [6, 6.07) is 2.20. The van der Waals surface area contributed by atoms with Crippen LogP contribution in [0.1, 0.15) is 23.7 Å². The Bertz CT molecular complexity index is 656. The quantitative estimate of drug-likeness (QED) is 0.454. The molecule has 0 N–H and O–H groups in total. The maximum absolute atomic E-state index is 12.2. The first kappa shape index (κ1) is 16.5. The Morgan fingerprint density at radius 3 is 2.39 bits per heavy atom. The smallest absolute Gasteiger partial charge is 0.347 e. The van der Waals surface area contributed by atoms with E-state index in [2.05, 4.69) is 0 Å². The molecule has 0 saturated carbocycles. The van der Waals surface area contributed by atoms with E-state index in [0.29, 0.717) is 0 Å². The highest BCUT2D eigenvalue weighted by Gasteiger charge is 2.37. The number of carbonyl (C=O) groups excluding carboxylic acids is 2. The molecule has 0 aromatic heterocycles. The Kier molecular flexibility index (Phi) is 4.68. The maximum atomic E-state index is 12.2. The Balaban J connectivity index is 2.35. The van der Waals surface area contributed by atoms with Crippen LogP contribution in [0.25, 0.3) is 0 Å². The molecule has 0 aliphatic carbocycles. The zero-order valence-corrected chi connectivity index (χ0v) is 12.7. The first-order valence-electron chi connectivity index (χ1n) is 6.69. The van der Waals surface area contributed by atoms with E-state index in [1.807, 2.05) is 0 Å². The number of carbonyl (C=O) groups is 2. The number of rotatable bonds is 5. The molecule has 0 bridgehead atoms. The summed E-state index contributed by atoms with van der Waals surface area (Å²) in [6.07, 6.45) is -1.25. The monoisotopic (exact) mass is 325 g/mol. The van der Waals surface area contributed by atoms with Crippen molar-refractivity contribution in [1.82, 2.24) is 0 Å². The van der Waals surface area contributed by atoms with Crippen LogP contribution in [0.4, 0.5) is 5.69 Å². The third-order valence-corrected chi connectivity index (χ3v) is 3.29. The average Bonchev–Trinajstić information content (AvgIpc) is 2.83. The first-order chi connectivity index (χ1) is 10.9. The normalized spacial score (nSPS) is 19.9. The van der Waals surface area contributed by atoms with Crippen molar-refractivity contribution in [3.05, 3.63) is 27.8 Å². The van der Waals surface area contributed by atoms with Gasteiger partial charge in [-0.3, -0.25) is 10.1 Å². The van der Waals surface area contributed by atoms with Crippen molar-refractivity contribution in [2.75, 3.05) is 14.2 Å². The molecule has 9 heteroatoms. The van der Waals surface area contributed by atoms with Gasteiger partial charge in [0.1, 0.15) is 11.7 Å². The molecule has 9 nitrogen and oxygen atoms in total. The zero-order valence-electron chi connectivity index (χ0n) is 12.7. The van der Waals surface area contributed by atoms with Crippen LogP contribution in [0.2, 0.25) is 0 Å². The molecule has 23 heavy (non-hydrogen) atoms. The van der Waals surface area contributed by atoms with E-state index in [1.54, 1.807) is 6.92 Å². The van der Waals surface area contributed by atoms with E-state index < -0.39 is 28.7 Å². The number of esters is 2. The van der Waals surface area contributed by atoms with Gasteiger partial charge in [-0.2, -0.15) is 0 Å². The molecule has 1 fully saturated rings. The van der Waals surface area contributed by atoms with Gasteiger partial charge in [-0.1, -0.05) is 0 Å². The van der Waals surface area contributed by atoms with Crippen LogP contribution in [-0.2, 0) is 14.3 Å². The van der Waals surface area contributed by atoms with Crippen LogP contribution >= 0.6 is 0 Å². The lowest BCUT2D eigenvalue weighted by Gasteiger charge is -2.12. The average molecular weight is 325 g/mol. The van der Waals surface area contributed by atoms with Gasteiger partial charge in [-0.05, 0) is 6.92 Å². The summed E-state index contributed by atoms with van der Waals surface area (Å²) >= 11 is 0. The van der Waals surface area contributed by atoms with Gasteiger partial charge in [-0.25, -0.2) is 9.59 Å². The minimum absolute atomic E-state index is 0.102. The minimum atomic E-state index is -1.08. The number of nitro benzene ring substituents is 1. The fraction of sp³-hybridized carbons (Fsp3) is 0.429. The van der Waals surface area contributed by atoms with Gasteiger partial charge in [0, 0.05) is 12.5 Å². The van der Waals surface area contributed by atoms with Crippen LogP contribution in [0, 0.1) is 10.1 Å². The number of hydrogen-bond acceptors (Lipinski definition) is 8. The number of cyclic esters (lactones) is 1. The van der Waals surface area contributed by atoms with Crippen molar-refractivity contribution in [1.29, 1.82) is 0 Å². The van der Waals surface area contributed by atoms with E-state index in [4.69, 9.17) is 18.9 Å². The van der Waals surface area contributed by atoms with Gasteiger partial charge in [0.25, 0.3) is 5.69 Å². The molecule has 1 heterocycles. The number of nitro groups is 1. The van der Waals surface area contributed by atoms with E-state index in [0.717, 1.165) is 12.1 Å². The van der Waals surface area contributed by atoms with E-state index in [1.165, 1.54) is 14.2 Å². The number of ether oxygens (including phenoxy) is 4. The Hall–Kier alpha value is -2.84. The van der Waals surface area contributed by atoms with Crippen LogP contribution < -0.4 is 9.47 Å². The molecule has 0 amide bonds. The van der Waals surface area contributed by atoms with E-state index >= 15 is 0 Å². The third-order valence-electron chi connectivity index (χ3n) is 3.29. The molecule has 2 unspecified atom stereocenters. The van der Waals surface area contributed by atoms with Crippen molar-refractivity contribution in [2.24, 2.45) is 0 Å². The summed E-state index contributed by atoms with van der Waals surface area (Å²) in [5.74, 6) is -1.44. The summed E-state index contributed by atoms with van der Waals surface area (Å²) in [5.41, 5.74) is -0.841. The van der Waals surface area contributed by atoms with Crippen molar-refractivity contribution in [2.45, 2.75) is 25.6 Å². The predicted octanol–water partition coefficient (Wildman–Crippen LogP) is 1.47. The number of benzene rings is 1. The summed E-state index contributed by atoms with van der Waals surface area (Å²) in [4.78, 5) is 34.1. The highest BCUT2D eigenvalue weighted by Crippen LogP contribution is 2.35. The highest BCUT2D eigenvalue weighted by molar-refractivity contribution is 5.96. The van der Waals surface area contributed by atoms with Crippen molar-refractivity contribution >= 4 is 17.6 Å². The molecular weight excluding hydrogens is 310 g/mol. The van der Waals surface area contributed by atoms with Gasteiger partial charge in [0.15, 0.2) is 11.5 Å². The Morgan fingerprint density at radius 1 is 1.30 bits per heavy atom. The molecule has 124 valence electrons. The molecule has 1 aliphatic rings. The second-order valence-electron chi connectivity index (χ2n) is 4.86. The van der Waals surface area contributed by atoms with Crippen molar-refractivity contribution in [3.8, 4) is 11.5 Å². The van der Waals surface area contributed by atoms with Crippen LogP contribution in [0.15, 0.2) is 12.1 Å². The second kappa shape index (κ2) is 6.51. The van der Waals surface area contributed by atoms with E-state index in [9.17, 15) is 19.7 Å². The SMILES string of the molecule is COc1cc(C(=O)OC2CC(C)OC2=O)c([N+](=O)[O-])cc1OC. The molecule has 0 spiro atoms. The zero-order chi connectivity index (χ0) is 17.1. The first-order valence-corrected chi connectivity index (χ1v) is 6.69. The van der Waals surface area contributed by atoms with Crippen LogP contribution in [0.5, 0.6) is 11.5 Å². The summed E-state index contributed by atoms with van der Waals surface area (Å²) < 4.78 is 19.9. The summed E-state index contributed by atoms with van der Waals surface area (Å²) in [5, 5.41) is 11.2. The molecule has 1 aromatic rings. The van der Waals surface area contributed by atoms with E-state index in [-0.39, 0.29) is 29.6 Å². The Morgan fingerprint density at radius 2 is 1.91 bits per heavy atom. The Labute approximate surface area is 131 Å². The lowest BCUT2D eigenvalue weighted by Crippen LogP contribution is -2.23. The molecule has 2 atom stereocenters. The van der Waals surface area contributed by atoms with Crippen molar-refractivity contribution < 1.29 is 33.5 Å². The van der Waals surface area contributed by atoms with Crippen molar-refractivity contribution in [3.63, 3.8) is 0 Å². The van der Waals surface area contributed by atoms with Gasteiger partial charge in [0.2, 0.25) is 6.10 Å². The van der Waals surface area contributed by atoms with Crippen LogP contribution in [-0.4, -0.2) is 43.3 Å². The van der Waals surface area contributed by atoms with Gasteiger partial charge in [-0.15, -0.1) is 0 Å². The molecule has 0 radical (unpaired) electrons. The topological polar surface area (TPSA) is 114 Å². The fourth-order valence-electron chi connectivity index (χ4n) is 2.19. The van der Waals surface area contributed by atoms with Gasteiger partial charge in [0.05, 0.1) is 25.2 Å². The number of nitrogens with zero attached hydrogens (tertiary/aromatic N) is 1. The maximum Gasteiger partial charge on any atom is 0.347 e. The highest BCUT2D eigenvalue weighted by atomic mass is 16.6. The fourth-order valence-corrected chi connectivity index (χ4v) is 2.19. The second-order valence-corrected chi connectivity index (χ2v) is 4.86. The molecule has 2 rings (SSSR count). The third kappa shape index (κ3) is 3.33. The summed E-state index contributed by atoms with van der Waals surface area (Å²) in [6.45, 7) is 1.66. The lowest BCUT2D eigenvalue weighted by molar-refractivity contribution is -0.385. The largest absolute Gasteiger partial charge is 0.493 e. The number of methoxy groups -OCH3 is 2. The number of hydrogen-bond donors (Lipinski definition) is 0. The molecule has 1 aliphatic heterocycles. The van der Waals surface area contributed by atoms with Gasteiger partial charge >= 0.3 is 11.9 Å². The summed E-state index contributed by atoms with van der Waals surface area (Å²) in [7, 11) is 2.64. The minimum Gasteiger partial charge on any atom is -0.493 e. The lowest BCUT2D eigenvalue weighted by atomic mass is 10.1. The molecule has 1 saturated heterocycles. The standard InChI is InChI=1S/C14H15NO8/c1-7-4-12(14(17)22-7)23-13(16)8-5-10(20-2)11(21-3)6-9(8)15(18)19/h5-7,12H,4H2,1-3H3. The molecular formula is C14H15NO8. The molecule has 1 aromatic carbocycles.